The molecule has 80 valence electrons. The van der Waals surface area contributed by atoms with Crippen molar-refractivity contribution in [1.82, 2.24) is 4.98 Å². The SMILES string of the molecule is CCNc1nc(C(=O)O)ccc1[N+](=O)[O-]. The molecule has 1 aromatic rings. The molecule has 7 nitrogen and oxygen atoms in total. The van der Waals surface area contributed by atoms with Crippen LogP contribution in [-0.4, -0.2) is 27.5 Å². The largest absolute Gasteiger partial charge is 0.477 e. The van der Waals surface area contributed by atoms with Gasteiger partial charge >= 0.3 is 11.7 Å². The van der Waals surface area contributed by atoms with E-state index in [0.29, 0.717) is 6.54 Å². The van der Waals surface area contributed by atoms with Crippen LogP contribution in [0.4, 0.5) is 11.5 Å². The van der Waals surface area contributed by atoms with Crippen LogP contribution < -0.4 is 5.32 Å². The van der Waals surface area contributed by atoms with E-state index in [1.165, 1.54) is 0 Å². The summed E-state index contributed by atoms with van der Waals surface area (Å²) in [6, 6.07) is 2.22. The lowest BCUT2D eigenvalue weighted by Crippen LogP contribution is -2.08. The second kappa shape index (κ2) is 4.36. The summed E-state index contributed by atoms with van der Waals surface area (Å²) in [6.07, 6.45) is 0. The quantitative estimate of drug-likeness (QED) is 0.571. The molecule has 2 N–H and O–H groups in total. The highest BCUT2D eigenvalue weighted by atomic mass is 16.6. The molecule has 15 heavy (non-hydrogen) atoms. The summed E-state index contributed by atoms with van der Waals surface area (Å²) in [7, 11) is 0. The number of hydrogen-bond acceptors (Lipinski definition) is 5. The van der Waals surface area contributed by atoms with Gasteiger partial charge in [-0.25, -0.2) is 9.78 Å². The van der Waals surface area contributed by atoms with Crippen molar-refractivity contribution in [2.45, 2.75) is 6.92 Å². The summed E-state index contributed by atoms with van der Waals surface area (Å²) in [4.78, 5) is 24.2. The third-order valence-electron chi connectivity index (χ3n) is 1.63. The molecule has 0 unspecified atom stereocenters. The number of pyridine rings is 1. The van der Waals surface area contributed by atoms with Crippen molar-refractivity contribution >= 4 is 17.5 Å². The van der Waals surface area contributed by atoms with Crippen molar-refractivity contribution in [3.63, 3.8) is 0 Å². The number of carboxylic acid groups (broad SMARTS) is 1. The first kappa shape index (κ1) is 10.9. The van der Waals surface area contributed by atoms with E-state index in [0.717, 1.165) is 12.1 Å². The fraction of sp³-hybridized carbons (Fsp3) is 0.250. The number of nitrogens with zero attached hydrogens (tertiary/aromatic N) is 2. The fourth-order valence-electron chi connectivity index (χ4n) is 1.02. The van der Waals surface area contributed by atoms with Gasteiger partial charge in [0, 0.05) is 12.6 Å². The van der Waals surface area contributed by atoms with Gasteiger partial charge < -0.3 is 10.4 Å². The maximum atomic E-state index is 10.6. The Morgan fingerprint density at radius 3 is 2.80 bits per heavy atom. The van der Waals surface area contributed by atoms with E-state index < -0.39 is 10.9 Å². The van der Waals surface area contributed by atoms with Crippen molar-refractivity contribution < 1.29 is 14.8 Å². The van der Waals surface area contributed by atoms with Crippen LogP contribution in [0.15, 0.2) is 12.1 Å². The van der Waals surface area contributed by atoms with E-state index >= 15 is 0 Å². The van der Waals surface area contributed by atoms with Gasteiger partial charge in [0.2, 0.25) is 5.82 Å². The Hall–Kier alpha value is -2.18. The average Bonchev–Trinajstić information content (AvgIpc) is 2.17. The van der Waals surface area contributed by atoms with Gasteiger partial charge in [-0.3, -0.25) is 10.1 Å². The number of carboxylic acids is 1. The average molecular weight is 211 g/mol. The van der Waals surface area contributed by atoms with E-state index in [1.54, 1.807) is 6.92 Å². The van der Waals surface area contributed by atoms with Crippen molar-refractivity contribution in [3.8, 4) is 0 Å². The van der Waals surface area contributed by atoms with Crippen LogP contribution in [-0.2, 0) is 0 Å². The number of anilines is 1. The predicted octanol–water partition coefficient (Wildman–Crippen LogP) is 1.12. The zero-order chi connectivity index (χ0) is 11.4. The maximum absolute atomic E-state index is 10.6. The molecule has 0 aliphatic carbocycles. The normalized spacial score (nSPS) is 9.67. The first-order valence-electron chi connectivity index (χ1n) is 4.19. The molecule has 0 aliphatic heterocycles. The van der Waals surface area contributed by atoms with Crippen molar-refractivity contribution in [2.24, 2.45) is 0 Å². The lowest BCUT2D eigenvalue weighted by molar-refractivity contribution is -0.384. The Balaban J connectivity index is 3.20. The molecule has 0 saturated carbocycles. The summed E-state index contributed by atoms with van der Waals surface area (Å²) in [5, 5.41) is 21.8. The highest BCUT2D eigenvalue weighted by Crippen LogP contribution is 2.21. The highest BCUT2D eigenvalue weighted by molar-refractivity contribution is 5.86. The molecular formula is C8H9N3O4. The van der Waals surface area contributed by atoms with Crippen molar-refractivity contribution in [3.05, 3.63) is 27.9 Å². The molecule has 0 saturated heterocycles. The second-order valence-electron chi connectivity index (χ2n) is 2.66. The lowest BCUT2D eigenvalue weighted by Gasteiger charge is -2.03. The lowest BCUT2D eigenvalue weighted by atomic mass is 10.3. The molecule has 7 heteroatoms. The molecule has 0 aromatic carbocycles. The molecule has 0 atom stereocenters. The predicted molar refractivity (Wildman–Crippen MR) is 52.0 cm³/mol. The molecule has 0 fully saturated rings. The maximum Gasteiger partial charge on any atom is 0.354 e. The van der Waals surface area contributed by atoms with Crippen LogP contribution in [0.2, 0.25) is 0 Å². The Morgan fingerprint density at radius 1 is 1.67 bits per heavy atom. The van der Waals surface area contributed by atoms with Gasteiger partial charge in [0.25, 0.3) is 0 Å². The summed E-state index contributed by atoms with van der Waals surface area (Å²) in [6.45, 7) is 2.16. The van der Waals surface area contributed by atoms with E-state index in [9.17, 15) is 14.9 Å². The van der Waals surface area contributed by atoms with Gasteiger partial charge in [-0.1, -0.05) is 0 Å². The minimum Gasteiger partial charge on any atom is -0.477 e. The minimum absolute atomic E-state index is 0.0256. The molecule has 0 radical (unpaired) electrons. The first-order valence-corrected chi connectivity index (χ1v) is 4.19. The van der Waals surface area contributed by atoms with E-state index in [-0.39, 0.29) is 17.2 Å². The third-order valence-corrected chi connectivity index (χ3v) is 1.63. The molecule has 1 heterocycles. The number of rotatable bonds is 4. The molecule has 0 amide bonds. The monoisotopic (exact) mass is 211 g/mol. The molecule has 0 aliphatic rings. The molecular weight excluding hydrogens is 202 g/mol. The van der Waals surface area contributed by atoms with Crippen molar-refractivity contribution in [1.29, 1.82) is 0 Å². The number of hydrogen-bond donors (Lipinski definition) is 2. The van der Waals surface area contributed by atoms with Crippen LogP contribution in [0.25, 0.3) is 0 Å². The molecule has 1 rings (SSSR count). The summed E-state index contributed by atoms with van der Waals surface area (Å²) >= 11 is 0. The molecule has 0 spiro atoms. The Bertz CT molecular complexity index is 405. The smallest absolute Gasteiger partial charge is 0.354 e. The van der Waals surface area contributed by atoms with E-state index in [2.05, 4.69) is 10.3 Å². The van der Waals surface area contributed by atoms with E-state index in [4.69, 9.17) is 5.11 Å². The van der Waals surface area contributed by atoms with Gasteiger partial charge in [0.1, 0.15) is 0 Å². The van der Waals surface area contributed by atoms with Gasteiger partial charge in [0.05, 0.1) is 4.92 Å². The van der Waals surface area contributed by atoms with Gasteiger partial charge in [0.15, 0.2) is 5.69 Å². The van der Waals surface area contributed by atoms with Gasteiger partial charge in [-0.05, 0) is 13.0 Å². The minimum atomic E-state index is -1.22. The van der Waals surface area contributed by atoms with Gasteiger partial charge in [-0.15, -0.1) is 0 Å². The molecule has 1 aromatic heterocycles. The van der Waals surface area contributed by atoms with Gasteiger partial charge in [-0.2, -0.15) is 0 Å². The van der Waals surface area contributed by atoms with Crippen LogP contribution in [0.1, 0.15) is 17.4 Å². The number of aromatic nitrogens is 1. The zero-order valence-corrected chi connectivity index (χ0v) is 7.93. The van der Waals surface area contributed by atoms with Crippen molar-refractivity contribution in [2.75, 3.05) is 11.9 Å². The summed E-state index contributed by atoms with van der Waals surface area (Å²) in [5.74, 6) is -1.24. The first-order chi connectivity index (χ1) is 7.06. The molecule has 0 bridgehead atoms. The Labute approximate surface area is 84.9 Å². The topological polar surface area (TPSA) is 105 Å². The second-order valence-corrected chi connectivity index (χ2v) is 2.66. The number of aromatic carboxylic acids is 1. The zero-order valence-electron chi connectivity index (χ0n) is 7.93. The third kappa shape index (κ3) is 2.39. The van der Waals surface area contributed by atoms with E-state index in [1.807, 2.05) is 0 Å². The number of carbonyl (C=O) groups is 1. The highest BCUT2D eigenvalue weighted by Gasteiger charge is 2.17. The Morgan fingerprint density at radius 2 is 2.33 bits per heavy atom. The Kier molecular flexibility index (Phi) is 3.17. The standard InChI is InChI=1S/C8H9N3O4/c1-2-9-7-6(11(14)15)4-3-5(10-7)8(12)13/h3-4H,2H2,1H3,(H,9,10)(H,12,13). The van der Waals surface area contributed by atoms with Crippen LogP contribution in [0.3, 0.4) is 0 Å². The summed E-state index contributed by atoms with van der Waals surface area (Å²) < 4.78 is 0. The fourth-order valence-corrected chi connectivity index (χ4v) is 1.02. The van der Waals surface area contributed by atoms with Crippen LogP contribution >= 0.6 is 0 Å². The summed E-state index contributed by atoms with van der Waals surface area (Å²) in [5.41, 5.74) is -0.460. The number of nitrogens with one attached hydrogen (secondary N) is 1. The van der Waals surface area contributed by atoms with Crippen LogP contribution in [0.5, 0.6) is 0 Å². The number of nitro groups is 1. The van der Waals surface area contributed by atoms with Crippen LogP contribution in [0, 0.1) is 10.1 Å².